The Balaban J connectivity index is 1.62. The number of thiazole rings is 1. The molecule has 182 valence electrons. The molecule has 34 heavy (non-hydrogen) atoms. The molecule has 4 heterocycles. The summed E-state index contributed by atoms with van der Waals surface area (Å²) >= 11 is 0.958. The van der Waals surface area contributed by atoms with E-state index in [1.807, 2.05) is 0 Å². The van der Waals surface area contributed by atoms with Gasteiger partial charge >= 0.3 is 17.9 Å². The van der Waals surface area contributed by atoms with Crippen LogP contribution in [0.3, 0.4) is 0 Å². The number of nitrogens with one attached hydrogen (secondary N) is 1. The maximum atomic E-state index is 13.1. The summed E-state index contributed by atoms with van der Waals surface area (Å²) in [5.74, 6) is -6.79. The first-order chi connectivity index (χ1) is 16.0. The third kappa shape index (κ3) is 3.47. The van der Waals surface area contributed by atoms with Gasteiger partial charge in [-0.05, 0) is 0 Å². The molecule has 1 aromatic rings. The van der Waals surface area contributed by atoms with Gasteiger partial charge in [0.15, 0.2) is 10.8 Å². The van der Waals surface area contributed by atoms with Crippen molar-refractivity contribution in [3.8, 4) is 0 Å². The molecular weight excluding hydrogens is 498 g/mol. The van der Waals surface area contributed by atoms with Gasteiger partial charge in [0.05, 0.1) is 23.1 Å². The number of carbonyl (C=O) groups is 5. The van der Waals surface area contributed by atoms with Gasteiger partial charge in [-0.15, -0.1) is 11.3 Å². The zero-order valence-electron chi connectivity index (χ0n) is 17.2. The molecule has 0 unspecified atom stereocenters. The third-order valence-electron chi connectivity index (χ3n) is 5.65. The number of hydrogen-bond donors (Lipinski definition) is 4. The van der Waals surface area contributed by atoms with Crippen molar-refractivity contribution >= 4 is 62.7 Å². The summed E-state index contributed by atoms with van der Waals surface area (Å²) in [6, 6.07) is -1.44. The summed E-state index contributed by atoms with van der Waals surface area (Å²) in [5, 5.41) is 23.6. The van der Waals surface area contributed by atoms with Crippen molar-refractivity contribution < 1.29 is 48.0 Å². The van der Waals surface area contributed by atoms with E-state index in [9.17, 15) is 33.3 Å². The number of oxime groups is 1. The number of β-lactam (4-membered cyclic amide) rings is 1. The van der Waals surface area contributed by atoms with E-state index in [4.69, 9.17) is 15.6 Å². The standard InChI is InChI=1S/C17H17N5O10S2/c1-5-6-2-9(25)32-17(6,15(28)29)22-13(27)11(14(22)34(5)30)20-12(26)10(21-31-3-8(23)24)7-4-33-16(18)19-7/h4-6,11,14H,2-3H2,1H3,(H2,18,19)(H,20,26)(H,23,24)(H,28,29)/b21-10-/t5-,6+,11-,14-,17-,34-/m1/s1. The SMILES string of the molecule is C[C@@H]1[C@@H]2CC(=O)O[C@]2(C(=O)O)N2C(=O)[C@@H](NC(=O)/C(=N\OCC(=O)O)c3csc(N)n3)[C@H]2[S@@]1=O. The molecule has 0 aliphatic carbocycles. The Labute approximate surface area is 196 Å². The van der Waals surface area contributed by atoms with Crippen LogP contribution in [0.2, 0.25) is 0 Å². The molecule has 0 spiro atoms. The van der Waals surface area contributed by atoms with Gasteiger partial charge in [-0.3, -0.25) is 23.5 Å². The van der Waals surface area contributed by atoms with Crippen molar-refractivity contribution in [2.24, 2.45) is 11.1 Å². The van der Waals surface area contributed by atoms with Crippen LogP contribution in [-0.4, -0.2) is 88.7 Å². The Kier molecular flexibility index (Phi) is 5.76. The van der Waals surface area contributed by atoms with Crippen molar-refractivity contribution in [3.05, 3.63) is 11.1 Å². The fourth-order valence-electron chi connectivity index (χ4n) is 4.16. The number of carboxylic acid groups (broad SMARTS) is 2. The fourth-order valence-corrected chi connectivity index (χ4v) is 6.67. The Morgan fingerprint density at radius 2 is 2.15 bits per heavy atom. The van der Waals surface area contributed by atoms with Crippen LogP contribution in [0.25, 0.3) is 0 Å². The molecule has 6 atom stereocenters. The molecule has 2 amide bonds. The molecule has 4 rings (SSSR count). The number of aromatic nitrogens is 1. The normalized spacial score (nSPS) is 32.2. The summed E-state index contributed by atoms with van der Waals surface area (Å²) in [7, 11) is -1.86. The maximum absolute atomic E-state index is 13.1. The molecule has 5 N–H and O–H groups in total. The molecule has 1 aromatic heterocycles. The summed E-state index contributed by atoms with van der Waals surface area (Å²) in [4.78, 5) is 69.9. The third-order valence-corrected chi connectivity index (χ3v) is 8.34. The van der Waals surface area contributed by atoms with E-state index in [-0.39, 0.29) is 17.2 Å². The molecule has 15 nitrogen and oxygen atoms in total. The van der Waals surface area contributed by atoms with Crippen molar-refractivity contribution in [1.29, 1.82) is 0 Å². The molecule has 3 aliphatic rings. The summed E-state index contributed by atoms with van der Waals surface area (Å²) in [6.07, 6.45) is -0.324. The molecule has 3 aliphatic heterocycles. The van der Waals surface area contributed by atoms with Gasteiger partial charge in [0.1, 0.15) is 17.1 Å². The van der Waals surface area contributed by atoms with Crippen molar-refractivity contribution in [3.63, 3.8) is 0 Å². The molecule has 0 saturated carbocycles. The lowest BCUT2D eigenvalue weighted by Crippen LogP contribution is -2.84. The average molecular weight is 515 g/mol. The topological polar surface area (TPSA) is 228 Å². The maximum Gasteiger partial charge on any atom is 0.370 e. The highest BCUT2D eigenvalue weighted by molar-refractivity contribution is 7.86. The molecule has 3 fully saturated rings. The first-order valence-electron chi connectivity index (χ1n) is 9.60. The van der Waals surface area contributed by atoms with Gasteiger partial charge in [0.25, 0.3) is 17.5 Å². The van der Waals surface area contributed by atoms with Gasteiger partial charge in [-0.1, -0.05) is 12.1 Å². The van der Waals surface area contributed by atoms with Gasteiger partial charge in [-0.2, -0.15) is 0 Å². The highest BCUT2D eigenvalue weighted by Gasteiger charge is 2.75. The molecule has 17 heteroatoms. The Hall–Kier alpha value is -3.60. The van der Waals surface area contributed by atoms with Crippen molar-refractivity contribution in [2.75, 3.05) is 12.3 Å². The number of carbonyl (C=O) groups excluding carboxylic acids is 3. The number of carboxylic acids is 2. The summed E-state index contributed by atoms with van der Waals surface area (Å²) in [5.41, 5.74) is 2.67. The van der Waals surface area contributed by atoms with E-state index in [1.54, 1.807) is 0 Å². The predicted molar refractivity (Wildman–Crippen MR) is 111 cm³/mol. The lowest BCUT2D eigenvalue weighted by molar-refractivity contribution is -0.218. The second kappa shape index (κ2) is 8.32. The number of nitrogens with two attached hydrogens (primary N) is 1. The van der Waals surface area contributed by atoms with Gasteiger partial charge in [0, 0.05) is 10.6 Å². The zero-order chi connectivity index (χ0) is 24.9. The van der Waals surface area contributed by atoms with Crippen molar-refractivity contribution in [1.82, 2.24) is 15.2 Å². The van der Waals surface area contributed by atoms with Crippen LogP contribution in [-0.2, 0) is 44.3 Å². The van der Waals surface area contributed by atoms with Crippen molar-refractivity contribution in [2.45, 2.75) is 35.7 Å². The molecule has 3 saturated heterocycles. The molecule has 0 aromatic carbocycles. The highest BCUT2D eigenvalue weighted by atomic mass is 32.2. The predicted octanol–water partition coefficient (Wildman–Crippen LogP) is -2.32. The van der Waals surface area contributed by atoms with Crippen LogP contribution in [0.1, 0.15) is 19.0 Å². The monoisotopic (exact) mass is 515 g/mol. The molecule has 0 radical (unpaired) electrons. The second-order valence-corrected chi connectivity index (χ2v) is 10.3. The van der Waals surface area contributed by atoms with E-state index in [0.29, 0.717) is 0 Å². The first kappa shape index (κ1) is 23.6. The molecule has 0 bridgehead atoms. The quantitative estimate of drug-likeness (QED) is 0.130. The Morgan fingerprint density at radius 1 is 1.44 bits per heavy atom. The van der Waals surface area contributed by atoms with E-state index in [1.165, 1.54) is 12.3 Å². The number of hydrogen-bond acceptors (Lipinski definition) is 12. The minimum absolute atomic E-state index is 0.0688. The van der Waals surface area contributed by atoms with Crippen LogP contribution in [0.15, 0.2) is 10.5 Å². The number of ether oxygens (including phenoxy) is 1. The van der Waals surface area contributed by atoms with Crippen LogP contribution >= 0.6 is 11.3 Å². The Morgan fingerprint density at radius 3 is 2.74 bits per heavy atom. The number of amides is 2. The average Bonchev–Trinajstić information content (AvgIpc) is 3.34. The van der Waals surface area contributed by atoms with Crippen LogP contribution < -0.4 is 11.1 Å². The number of aliphatic carboxylic acids is 2. The van der Waals surface area contributed by atoms with Gasteiger partial charge in [0.2, 0.25) is 6.61 Å². The van der Waals surface area contributed by atoms with Crippen LogP contribution in [0.4, 0.5) is 5.13 Å². The lowest BCUT2D eigenvalue weighted by atomic mass is 9.86. The number of nitrogen functional groups attached to an aromatic ring is 1. The summed E-state index contributed by atoms with van der Waals surface area (Å²) in [6.45, 7) is 0.606. The number of rotatable bonds is 7. The zero-order valence-corrected chi connectivity index (χ0v) is 18.8. The highest BCUT2D eigenvalue weighted by Crippen LogP contribution is 2.50. The minimum atomic E-state index is -2.32. The smallest absolute Gasteiger partial charge is 0.370 e. The number of fused-ring (bicyclic) bond motifs is 3. The van der Waals surface area contributed by atoms with Crippen LogP contribution in [0, 0.1) is 5.92 Å². The Bertz CT molecular complexity index is 1170. The van der Waals surface area contributed by atoms with Gasteiger partial charge in [-0.25, -0.2) is 14.6 Å². The summed E-state index contributed by atoms with van der Waals surface area (Å²) < 4.78 is 18.2. The lowest BCUT2D eigenvalue weighted by Gasteiger charge is -2.57. The van der Waals surface area contributed by atoms with Crippen LogP contribution in [0.5, 0.6) is 0 Å². The van der Waals surface area contributed by atoms with Gasteiger partial charge < -0.3 is 30.8 Å². The second-order valence-electron chi connectivity index (χ2n) is 7.55. The first-order valence-corrected chi connectivity index (χ1v) is 11.8. The molecular formula is C17H17N5O10S2. The van der Waals surface area contributed by atoms with E-state index < -0.39 is 81.1 Å². The fraction of sp³-hybridized carbons (Fsp3) is 0.471. The number of nitrogens with zero attached hydrogens (tertiary/aromatic N) is 3. The van der Waals surface area contributed by atoms with E-state index in [0.717, 1.165) is 16.2 Å². The number of esters is 1. The largest absolute Gasteiger partial charge is 0.479 e. The minimum Gasteiger partial charge on any atom is -0.479 e. The van der Waals surface area contributed by atoms with E-state index >= 15 is 0 Å². The number of anilines is 1. The van der Waals surface area contributed by atoms with E-state index in [2.05, 4.69) is 20.3 Å².